The smallest absolute Gasteiger partial charge is 0.124 e. The van der Waals surface area contributed by atoms with E-state index in [1.165, 1.54) is 31.2 Å². The molecule has 1 aromatic carbocycles. The first-order chi connectivity index (χ1) is 9.26. The number of rotatable bonds is 7. The SMILES string of the molecule is CCCNC(c1cc(Br)ccc1OCC)C1CCC1. The molecule has 0 aromatic heterocycles. The lowest BCUT2D eigenvalue weighted by atomic mass is 9.77. The highest BCUT2D eigenvalue weighted by Gasteiger charge is 2.30. The molecular formula is C16H24BrNO. The summed E-state index contributed by atoms with van der Waals surface area (Å²) >= 11 is 3.59. The summed E-state index contributed by atoms with van der Waals surface area (Å²) in [7, 11) is 0. The molecule has 0 spiro atoms. The first-order valence-corrected chi connectivity index (χ1v) is 8.21. The minimum Gasteiger partial charge on any atom is -0.494 e. The third kappa shape index (κ3) is 3.73. The molecule has 1 aliphatic rings. The first kappa shape index (κ1) is 14.9. The molecule has 19 heavy (non-hydrogen) atoms. The lowest BCUT2D eigenvalue weighted by Gasteiger charge is -2.35. The van der Waals surface area contributed by atoms with Gasteiger partial charge in [-0.25, -0.2) is 0 Å². The Balaban J connectivity index is 2.24. The second-order valence-electron chi connectivity index (χ2n) is 5.24. The van der Waals surface area contributed by atoms with Crippen LogP contribution in [0, 0.1) is 5.92 Å². The summed E-state index contributed by atoms with van der Waals surface area (Å²) in [5.41, 5.74) is 1.31. The van der Waals surface area contributed by atoms with Crippen molar-refractivity contribution in [1.82, 2.24) is 5.32 Å². The summed E-state index contributed by atoms with van der Waals surface area (Å²) in [4.78, 5) is 0. The molecule has 1 unspecified atom stereocenters. The van der Waals surface area contributed by atoms with Crippen molar-refractivity contribution < 1.29 is 4.74 Å². The molecule has 1 fully saturated rings. The van der Waals surface area contributed by atoms with Crippen LogP contribution in [0.4, 0.5) is 0 Å². The predicted molar refractivity (Wildman–Crippen MR) is 83.7 cm³/mol. The van der Waals surface area contributed by atoms with Crippen LogP contribution >= 0.6 is 15.9 Å². The van der Waals surface area contributed by atoms with Crippen molar-refractivity contribution in [3.8, 4) is 5.75 Å². The average Bonchev–Trinajstić information content (AvgIpc) is 2.34. The second-order valence-corrected chi connectivity index (χ2v) is 6.15. The minimum atomic E-state index is 0.438. The zero-order chi connectivity index (χ0) is 13.7. The van der Waals surface area contributed by atoms with Gasteiger partial charge in [-0.2, -0.15) is 0 Å². The van der Waals surface area contributed by atoms with Crippen molar-refractivity contribution in [2.75, 3.05) is 13.2 Å². The fourth-order valence-electron chi connectivity index (χ4n) is 2.65. The molecule has 2 rings (SSSR count). The molecule has 3 heteroatoms. The monoisotopic (exact) mass is 325 g/mol. The van der Waals surface area contributed by atoms with E-state index in [1.54, 1.807) is 0 Å². The van der Waals surface area contributed by atoms with Gasteiger partial charge in [0, 0.05) is 16.1 Å². The maximum absolute atomic E-state index is 5.81. The number of nitrogens with one attached hydrogen (secondary N) is 1. The summed E-state index contributed by atoms with van der Waals surface area (Å²) in [5.74, 6) is 1.80. The van der Waals surface area contributed by atoms with Crippen LogP contribution in [0.3, 0.4) is 0 Å². The van der Waals surface area contributed by atoms with Gasteiger partial charge in [-0.1, -0.05) is 29.3 Å². The van der Waals surface area contributed by atoms with Gasteiger partial charge >= 0.3 is 0 Å². The van der Waals surface area contributed by atoms with Gasteiger partial charge < -0.3 is 10.1 Å². The van der Waals surface area contributed by atoms with Crippen molar-refractivity contribution >= 4 is 15.9 Å². The molecular weight excluding hydrogens is 302 g/mol. The molecule has 1 N–H and O–H groups in total. The van der Waals surface area contributed by atoms with Gasteiger partial charge in [0.2, 0.25) is 0 Å². The summed E-state index contributed by atoms with van der Waals surface area (Å²) in [6.07, 6.45) is 5.20. The number of benzene rings is 1. The molecule has 0 aliphatic heterocycles. The third-order valence-electron chi connectivity index (χ3n) is 3.84. The van der Waals surface area contributed by atoms with Crippen LogP contribution in [-0.2, 0) is 0 Å². The molecule has 0 bridgehead atoms. The minimum absolute atomic E-state index is 0.438. The van der Waals surface area contributed by atoms with Crippen molar-refractivity contribution in [1.29, 1.82) is 0 Å². The molecule has 0 amide bonds. The maximum atomic E-state index is 5.81. The van der Waals surface area contributed by atoms with Gasteiger partial charge in [0.1, 0.15) is 5.75 Å². The topological polar surface area (TPSA) is 21.3 Å². The lowest BCUT2D eigenvalue weighted by molar-refractivity contribution is 0.224. The van der Waals surface area contributed by atoms with Crippen molar-refractivity contribution in [2.24, 2.45) is 5.92 Å². The van der Waals surface area contributed by atoms with Crippen LogP contribution in [0.15, 0.2) is 22.7 Å². The zero-order valence-corrected chi connectivity index (χ0v) is 13.5. The van der Waals surface area contributed by atoms with Gasteiger partial charge in [-0.05, 0) is 56.8 Å². The van der Waals surface area contributed by atoms with Gasteiger partial charge in [0.25, 0.3) is 0 Å². The third-order valence-corrected chi connectivity index (χ3v) is 4.34. The Morgan fingerprint density at radius 2 is 2.16 bits per heavy atom. The van der Waals surface area contributed by atoms with E-state index in [9.17, 15) is 0 Å². The Bertz CT molecular complexity index is 404. The average molecular weight is 326 g/mol. The van der Waals surface area contributed by atoms with Crippen LogP contribution < -0.4 is 10.1 Å². The molecule has 0 heterocycles. The number of hydrogen-bond acceptors (Lipinski definition) is 2. The van der Waals surface area contributed by atoms with Crippen molar-refractivity contribution in [3.05, 3.63) is 28.2 Å². The predicted octanol–water partition coefficient (Wildman–Crippen LogP) is 4.69. The highest BCUT2D eigenvalue weighted by molar-refractivity contribution is 9.10. The fraction of sp³-hybridized carbons (Fsp3) is 0.625. The molecule has 1 aliphatic carbocycles. The highest BCUT2D eigenvalue weighted by atomic mass is 79.9. The summed E-state index contributed by atoms with van der Waals surface area (Å²) < 4.78 is 6.94. The quantitative estimate of drug-likeness (QED) is 0.785. The highest BCUT2D eigenvalue weighted by Crippen LogP contribution is 2.41. The Kier molecular flexibility index (Phi) is 5.71. The second kappa shape index (κ2) is 7.30. The Morgan fingerprint density at radius 1 is 1.37 bits per heavy atom. The molecule has 106 valence electrons. The van der Waals surface area contributed by atoms with Crippen LogP contribution in [0.25, 0.3) is 0 Å². The Labute approximate surface area is 125 Å². The van der Waals surface area contributed by atoms with Gasteiger partial charge in [-0.15, -0.1) is 0 Å². The number of ether oxygens (including phenoxy) is 1. The molecule has 0 radical (unpaired) electrons. The number of hydrogen-bond donors (Lipinski definition) is 1. The standard InChI is InChI=1S/C16H24BrNO/c1-3-10-18-16(12-6-5-7-12)14-11-13(17)8-9-15(14)19-4-2/h8-9,11-12,16,18H,3-7,10H2,1-2H3. The van der Waals surface area contributed by atoms with E-state index < -0.39 is 0 Å². The van der Waals surface area contributed by atoms with Crippen molar-refractivity contribution in [3.63, 3.8) is 0 Å². The lowest BCUT2D eigenvalue weighted by Crippen LogP contribution is -2.33. The molecule has 1 atom stereocenters. The molecule has 0 saturated heterocycles. The van der Waals surface area contributed by atoms with Gasteiger partial charge in [-0.3, -0.25) is 0 Å². The van der Waals surface area contributed by atoms with E-state index >= 15 is 0 Å². The molecule has 2 nitrogen and oxygen atoms in total. The van der Waals surface area contributed by atoms with E-state index in [-0.39, 0.29) is 0 Å². The van der Waals surface area contributed by atoms with Crippen LogP contribution in [0.5, 0.6) is 5.75 Å². The van der Waals surface area contributed by atoms with E-state index in [0.717, 1.165) is 29.3 Å². The van der Waals surface area contributed by atoms with Crippen LogP contribution in [-0.4, -0.2) is 13.2 Å². The Morgan fingerprint density at radius 3 is 2.74 bits per heavy atom. The van der Waals surface area contributed by atoms with Gasteiger partial charge in [0.05, 0.1) is 6.61 Å². The van der Waals surface area contributed by atoms with E-state index in [4.69, 9.17) is 4.74 Å². The Hall–Kier alpha value is -0.540. The maximum Gasteiger partial charge on any atom is 0.124 e. The normalized spacial score (nSPS) is 17.0. The summed E-state index contributed by atoms with van der Waals surface area (Å²) in [5, 5.41) is 3.71. The van der Waals surface area contributed by atoms with E-state index in [0.29, 0.717) is 6.04 Å². The first-order valence-electron chi connectivity index (χ1n) is 7.41. The van der Waals surface area contributed by atoms with E-state index in [1.807, 2.05) is 6.92 Å². The van der Waals surface area contributed by atoms with Crippen molar-refractivity contribution in [2.45, 2.75) is 45.6 Å². The summed E-state index contributed by atoms with van der Waals surface area (Å²) in [6.45, 7) is 6.05. The van der Waals surface area contributed by atoms with Crippen LogP contribution in [0.2, 0.25) is 0 Å². The molecule has 1 aromatic rings. The van der Waals surface area contributed by atoms with E-state index in [2.05, 4.69) is 46.4 Å². The summed E-state index contributed by atoms with van der Waals surface area (Å²) in [6, 6.07) is 6.80. The largest absolute Gasteiger partial charge is 0.494 e. The number of halogens is 1. The van der Waals surface area contributed by atoms with Crippen LogP contribution in [0.1, 0.15) is 51.1 Å². The van der Waals surface area contributed by atoms with Gasteiger partial charge in [0.15, 0.2) is 0 Å². The zero-order valence-electron chi connectivity index (χ0n) is 11.9. The molecule has 1 saturated carbocycles. The fourth-order valence-corrected chi connectivity index (χ4v) is 3.03.